The van der Waals surface area contributed by atoms with Gasteiger partial charge in [0.15, 0.2) is 5.82 Å². The van der Waals surface area contributed by atoms with Gasteiger partial charge in [-0.15, -0.1) is 0 Å². The van der Waals surface area contributed by atoms with Crippen molar-refractivity contribution >= 4 is 23.5 Å². The SMILES string of the molecule is Cc1nc(NC2CC(NC(=O)N3CCC(F)(F)CC3)C2)nc2c1NC(O)[C@H](C(C)C)N2C. The fourth-order valence-corrected chi connectivity index (χ4v) is 4.78. The van der Waals surface area contributed by atoms with Crippen LogP contribution < -0.4 is 20.9 Å². The number of anilines is 3. The Morgan fingerprint density at radius 1 is 1.22 bits per heavy atom. The summed E-state index contributed by atoms with van der Waals surface area (Å²) in [6, 6.07) is -0.249. The highest BCUT2D eigenvalue weighted by molar-refractivity contribution is 5.75. The molecule has 178 valence electrons. The standard InChI is InChI=1S/C21H33F2N7O2/c1-11(2)16-18(31)27-15-12(3)24-19(28-17(15)29(16)4)25-13-9-14(10-13)26-20(32)30-7-5-21(22,23)6-8-30/h11,13-14,16,18,27,31H,5-10H2,1-4H3,(H,26,32)(H,24,25,28)/t13?,14?,16-,18?/m0/s1. The number of aryl methyl sites for hydroxylation is 1. The van der Waals surface area contributed by atoms with E-state index in [-0.39, 0.29) is 56.0 Å². The maximum atomic E-state index is 13.3. The normalized spacial score (nSPS) is 29.1. The molecule has 4 rings (SSSR count). The third kappa shape index (κ3) is 4.53. The van der Waals surface area contributed by atoms with Crippen LogP contribution in [0.2, 0.25) is 0 Å². The lowest BCUT2D eigenvalue weighted by atomic mass is 9.87. The quantitative estimate of drug-likeness (QED) is 0.555. The summed E-state index contributed by atoms with van der Waals surface area (Å²) in [7, 11) is 1.93. The molecular weight excluding hydrogens is 420 g/mol. The molecule has 2 amide bonds. The first-order valence-electron chi connectivity index (χ1n) is 11.3. The second kappa shape index (κ2) is 8.49. The number of aromatic nitrogens is 2. The van der Waals surface area contributed by atoms with Crippen molar-refractivity contribution in [1.29, 1.82) is 0 Å². The van der Waals surface area contributed by atoms with E-state index in [1.807, 2.05) is 18.9 Å². The molecular formula is C21H33F2N7O2. The summed E-state index contributed by atoms with van der Waals surface area (Å²) >= 11 is 0. The van der Waals surface area contributed by atoms with Crippen molar-refractivity contribution in [1.82, 2.24) is 20.2 Å². The zero-order chi connectivity index (χ0) is 23.2. The highest BCUT2D eigenvalue weighted by atomic mass is 19.3. The number of amides is 2. The number of rotatable bonds is 4. The second-order valence-corrected chi connectivity index (χ2v) is 9.57. The van der Waals surface area contributed by atoms with E-state index < -0.39 is 12.2 Å². The third-order valence-electron chi connectivity index (χ3n) is 6.73. The Bertz CT molecular complexity index is 853. The van der Waals surface area contributed by atoms with Crippen LogP contribution in [0.4, 0.5) is 31.0 Å². The number of alkyl halides is 2. The van der Waals surface area contributed by atoms with E-state index >= 15 is 0 Å². The number of likely N-dealkylation sites (tertiary alicyclic amines) is 1. The molecule has 4 N–H and O–H groups in total. The topological polar surface area (TPSA) is 106 Å². The summed E-state index contributed by atoms with van der Waals surface area (Å²) in [5, 5.41) is 19.9. The van der Waals surface area contributed by atoms with Crippen molar-refractivity contribution < 1.29 is 18.7 Å². The van der Waals surface area contributed by atoms with Crippen LogP contribution in [0.25, 0.3) is 0 Å². The predicted molar refractivity (Wildman–Crippen MR) is 118 cm³/mol. The number of halogens is 2. The van der Waals surface area contributed by atoms with Gasteiger partial charge in [0.2, 0.25) is 5.95 Å². The molecule has 9 nitrogen and oxygen atoms in total. The number of urea groups is 1. The van der Waals surface area contributed by atoms with Gasteiger partial charge in [-0.3, -0.25) is 0 Å². The van der Waals surface area contributed by atoms with Crippen molar-refractivity contribution in [2.45, 2.75) is 76.7 Å². The van der Waals surface area contributed by atoms with E-state index in [1.54, 1.807) is 0 Å². The molecule has 1 unspecified atom stereocenters. The maximum absolute atomic E-state index is 13.3. The Labute approximate surface area is 187 Å². The Kier molecular flexibility index (Phi) is 6.04. The lowest BCUT2D eigenvalue weighted by Crippen LogP contribution is -2.55. The van der Waals surface area contributed by atoms with Gasteiger partial charge in [0.05, 0.1) is 11.7 Å². The van der Waals surface area contributed by atoms with Gasteiger partial charge >= 0.3 is 6.03 Å². The zero-order valence-corrected chi connectivity index (χ0v) is 19.0. The summed E-state index contributed by atoms with van der Waals surface area (Å²) in [5.74, 6) is -1.17. The Hall–Kier alpha value is -2.43. The summed E-state index contributed by atoms with van der Waals surface area (Å²) < 4.78 is 26.6. The van der Waals surface area contributed by atoms with Crippen molar-refractivity contribution in [2.24, 2.45) is 5.92 Å². The van der Waals surface area contributed by atoms with E-state index in [0.717, 1.165) is 30.0 Å². The van der Waals surface area contributed by atoms with Gasteiger partial charge in [-0.05, 0) is 25.7 Å². The average Bonchev–Trinajstić information content (AvgIpc) is 2.67. The van der Waals surface area contributed by atoms with Gasteiger partial charge in [0, 0.05) is 45.1 Å². The van der Waals surface area contributed by atoms with Crippen molar-refractivity contribution in [3.05, 3.63) is 5.69 Å². The number of nitrogens with one attached hydrogen (secondary N) is 3. The molecule has 0 spiro atoms. The Morgan fingerprint density at radius 3 is 2.50 bits per heavy atom. The van der Waals surface area contributed by atoms with Gasteiger partial charge in [-0.2, -0.15) is 4.98 Å². The van der Waals surface area contributed by atoms with Crippen LogP contribution in [0.5, 0.6) is 0 Å². The molecule has 0 bridgehead atoms. The number of piperidine rings is 1. The fourth-order valence-electron chi connectivity index (χ4n) is 4.78. The zero-order valence-electron chi connectivity index (χ0n) is 19.0. The molecule has 2 fully saturated rings. The lowest BCUT2D eigenvalue weighted by Gasteiger charge is -2.42. The first-order chi connectivity index (χ1) is 15.0. The number of fused-ring (bicyclic) bond motifs is 1. The predicted octanol–water partition coefficient (Wildman–Crippen LogP) is 2.37. The minimum atomic E-state index is -2.66. The van der Waals surface area contributed by atoms with Crippen LogP contribution in [0.15, 0.2) is 0 Å². The lowest BCUT2D eigenvalue weighted by molar-refractivity contribution is -0.0472. The Morgan fingerprint density at radius 2 is 1.88 bits per heavy atom. The number of likely N-dealkylation sites (N-methyl/N-ethyl adjacent to an activating group) is 1. The minimum Gasteiger partial charge on any atom is -0.372 e. The van der Waals surface area contributed by atoms with Gasteiger partial charge in [-0.1, -0.05) is 13.8 Å². The molecule has 3 aliphatic rings. The van der Waals surface area contributed by atoms with Gasteiger partial charge in [-0.25, -0.2) is 18.6 Å². The van der Waals surface area contributed by atoms with Crippen LogP contribution in [0.3, 0.4) is 0 Å². The number of hydrogen-bond acceptors (Lipinski definition) is 7. The number of hydrogen-bond donors (Lipinski definition) is 4. The van der Waals surface area contributed by atoms with Crippen LogP contribution in [-0.2, 0) is 0 Å². The molecule has 2 aliphatic heterocycles. The van der Waals surface area contributed by atoms with E-state index in [2.05, 4.69) is 39.8 Å². The van der Waals surface area contributed by atoms with Crippen LogP contribution >= 0.6 is 0 Å². The summed E-state index contributed by atoms with van der Waals surface area (Å²) in [6.07, 6.45) is 0.188. The summed E-state index contributed by atoms with van der Waals surface area (Å²) in [6.45, 7) is 6.16. The third-order valence-corrected chi connectivity index (χ3v) is 6.73. The largest absolute Gasteiger partial charge is 0.372 e. The molecule has 2 atom stereocenters. The van der Waals surface area contributed by atoms with Crippen LogP contribution in [0, 0.1) is 12.8 Å². The summed E-state index contributed by atoms with van der Waals surface area (Å²) in [4.78, 5) is 25.0. The van der Waals surface area contributed by atoms with E-state index in [4.69, 9.17) is 0 Å². The molecule has 1 saturated heterocycles. The summed E-state index contributed by atoms with van der Waals surface area (Å²) in [5.41, 5.74) is 1.48. The van der Waals surface area contributed by atoms with Crippen molar-refractivity contribution in [3.8, 4) is 0 Å². The minimum absolute atomic E-state index is 0.00553. The molecule has 11 heteroatoms. The maximum Gasteiger partial charge on any atom is 0.317 e. The van der Waals surface area contributed by atoms with Crippen molar-refractivity contribution in [3.63, 3.8) is 0 Å². The highest BCUT2D eigenvalue weighted by Gasteiger charge is 2.38. The van der Waals surface area contributed by atoms with Gasteiger partial charge in [0.25, 0.3) is 5.92 Å². The smallest absolute Gasteiger partial charge is 0.317 e. The first kappa shape index (κ1) is 22.8. The van der Waals surface area contributed by atoms with Gasteiger partial charge < -0.3 is 30.9 Å². The molecule has 1 aromatic heterocycles. The highest BCUT2D eigenvalue weighted by Crippen LogP contribution is 2.36. The van der Waals surface area contributed by atoms with Gasteiger partial charge in [0.1, 0.15) is 11.9 Å². The first-order valence-corrected chi connectivity index (χ1v) is 11.3. The second-order valence-electron chi connectivity index (χ2n) is 9.57. The average molecular weight is 454 g/mol. The number of aliphatic hydroxyl groups is 1. The molecule has 1 aliphatic carbocycles. The molecule has 32 heavy (non-hydrogen) atoms. The van der Waals surface area contributed by atoms with E-state index in [0.29, 0.717) is 5.95 Å². The molecule has 1 saturated carbocycles. The molecule has 0 radical (unpaired) electrons. The number of carbonyl (C=O) groups is 1. The van der Waals surface area contributed by atoms with E-state index in [9.17, 15) is 18.7 Å². The fraction of sp³-hybridized carbons (Fsp3) is 0.762. The molecule has 3 heterocycles. The van der Waals surface area contributed by atoms with Crippen molar-refractivity contribution in [2.75, 3.05) is 35.7 Å². The molecule has 1 aromatic rings. The number of aliphatic hydroxyl groups excluding tert-OH is 1. The Balaban J connectivity index is 1.32. The van der Waals surface area contributed by atoms with Crippen LogP contribution in [0.1, 0.15) is 45.2 Å². The van der Waals surface area contributed by atoms with E-state index in [1.165, 1.54) is 4.90 Å². The number of carbonyl (C=O) groups excluding carboxylic acids is 1. The number of nitrogens with zero attached hydrogens (tertiary/aromatic N) is 4. The monoisotopic (exact) mass is 453 g/mol. The van der Waals surface area contributed by atoms with Crippen LogP contribution in [-0.4, -0.2) is 76.4 Å². The molecule has 0 aromatic carbocycles.